The monoisotopic (exact) mass is 394 g/mol. The third kappa shape index (κ3) is 5.14. The van der Waals surface area contributed by atoms with E-state index >= 15 is 0 Å². The van der Waals surface area contributed by atoms with Crippen LogP contribution in [-0.4, -0.2) is 40.3 Å². The van der Waals surface area contributed by atoms with Crippen LogP contribution in [0.5, 0.6) is 0 Å². The van der Waals surface area contributed by atoms with Gasteiger partial charge in [0.05, 0.1) is 11.1 Å². The van der Waals surface area contributed by atoms with Gasteiger partial charge in [0.1, 0.15) is 0 Å². The molecule has 7 heteroatoms. The third-order valence-electron chi connectivity index (χ3n) is 4.16. The molecule has 28 heavy (non-hydrogen) atoms. The van der Waals surface area contributed by atoms with Crippen LogP contribution >= 0.6 is 11.6 Å². The van der Waals surface area contributed by atoms with Crippen molar-refractivity contribution in [3.8, 4) is 0 Å². The Hall–Kier alpha value is -3.25. The molecule has 0 radical (unpaired) electrons. The number of amides is 2. The summed E-state index contributed by atoms with van der Waals surface area (Å²) in [5.41, 5.74) is 2.33. The second kappa shape index (κ2) is 9.10. The summed E-state index contributed by atoms with van der Waals surface area (Å²) in [6.45, 7) is 0.543. The standard InChI is InChI=1S/C21H19ClN4O2/c1-26(10-7-15-5-8-23-9-6-15)21(28)17-11-16(13-24-14-17)20(27)25-19-4-2-3-18(22)12-19/h2-6,8-9,11-14H,7,10H2,1H3,(H,25,27). The quantitative estimate of drug-likeness (QED) is 0.691. The maximum absolute atomic E-state index is 12.7. The van der Waals surface area contributed by atoms with Crippen LogP contribution in [0.15, 0.2) is 67.3 Å². The first-order valence-corrected chi connectivity index (χ1v) is 9.07. The summed E-state index contributed by atoms with van der Waals surface area (Å²) >= 11 is 5.93. The summed E-state index contributed by atoms with van der Waals surface area (Å²) in [5.74, 6) is -0.553. The van der Waals surface area contributed by atoms with Crippen molar-refractivity contribution in [3.63, 3.8) is 0 Å². The third-order valence-corrected chi connectivity index (χ3v) is 4.40. The van der Waals surface area contributed by atoms with Gasteiger partial charge in [-0.3, -0.25) is 19.6 Å². The highest BCUT2D eigenvalue weighted by molar-refractivity contribution is 6.31. The highest BCUT2D eigenvalue weighted by Gasteiger charge is 2.15. The van der Waals surface area contributed by atoms with Crippen LogP contribution in [0.4, 0.5) is 5.69 Å². The molecule has 0 aliphatic rings. The number of nitrogens with one attached hydrogen (secondary N) is 1. The Morgan fingerprint density at radius 3 is 2.54 bits per heavy atom. The molecule has 3 aromatic rings. The molecule has 142 valence electrons. The van der Waals surface area contributed by atoms with E-state index in [0.717, 1.165) is 5.56 Å². The minimum absolute atomic E-state index is 0.195. The first-order chi connectivity index (χ1) is 13.5. The fraction of sp³-hybridized carbons (Fsp3) is 0.143. The number of likely N-dealkylation sites (N-methyl/N-ethyl adjacent to an activating group) is 1. The van der Waals surface area contributed by atoms with E-state index in [0.29, 0.717) is 34.8 Å². The van der Waals surface area contributed by atoms with Gasteiger partial charge in [0.25, 0.3) is 11.8 Å². The molecule has 2 aromatic heterocycles. The number of pyridine rings is 2. The Kier molecular flexibility index (Phi) is 6.34. The highest BCUT2D eigenvalue weighted by Crippen LogP contribution is 2.16. The summed E-state index contributed by atoms with van der Waals surface area (Å²) < 4.78 is 0. The van der Waals surface area contributed by atoms with Gasteiger partial charge in [-0.25, -0.2) is 0 Å². The molecule has 1 N–H and O–H groups in total. The number of benzene rings is 1. The van der Waals surface area contributed by atoms with Crippen LogP contribution in [0.1, 0.15) is 26.3 Å². The Labute approximate surface area is 168 Å². The summed E-state index contributed by atoms with van der Waals surface area (Å²) in [4.78, 5) is 34.8. The Morgan fingerprint density at radius 1 is 1.04 bits per heavy atom. The normalized spacial score (nSPS) is 10.4. The van der Waals surface area contributed by atoms with Gasteiger partial charge < -0.3 is 10.2 Å². The van der Waals surface area contributed by atoms with Crippen LogP contribution in [-0.2, 0) is 6.42 Å². The molecule has 6 nitrogen and oxygen atoms in total. The summed E-state index contributed by atoms with van der Waals surface area (Å²) in [7, 11) is 1.72. The van der Waals surface area contributed by atoms with Crippen LogP contribution in [0.2, 0.25) is 5.02 Å². The average molecular weight is 395 g/mol. The maximum atomic E-state index is 12.7. The molecule has 0 bridgehead atoms. The maximum Gasteiger partial charge on any atom is 0.257 e. The van der Waals surface area contributed by atoms with E-state index in [9.17, 15) is 9.59 Å². The lowest BCUT2D eigenvalue weighted by atomic mass is 10.1. The van der Waals surface area contributed by atoms with Gasteiger partial charge in [-0.05, 0) is 48.4 Å². The van der Waals surface area contributed by atoms with Crippen molar-refractivity contribution in [3.05, 3.63) is 89.0 Å². The molecule has 2 amide bonds. The van der Waals surface area contributed by atoms with E-state index in [1.165, 1.54) is 18.5 Å². The van der Waals surface area contributed by atoms with E-state index < -0.39 is 0 Å². The lowest BCUT2D eigenvalue weighted by molar-refractivity contribution is 0.0796. The van der Waals surface area contributed by atoms with Crippen molar-refractivity contribution >= 4 is 29.1 Å². The number of anilines is 1. The van der Waals surface area contributed by atoms with Gasteiger partial charge >= 0.3 is 0 Å². The number of hydrogen-bond acceptors (Lipinski definition) is 4. The SMILES string of the molecule is CN(CCc1ccncc1)C(=O)c1cncc(C(=O)Nc2cccc(Cl)c2)c1. The molecule has 2 heterocycles. The molecule has 0 aliphatic carbocycles. The van der Waals surface area contributed by atoms with Crippen LogP contribution < -0.4 is 5.32 Å². The van der Waals surface area contributed by atoms with E-state index in [1.807, 2.05) is 12.1 Å². The van der Waals surface area contributed by atoms with Crippen molar-refractivity contribution in [2.75, 3.05) is 18.9 Å². The molecule has 0 unspecified atom stereocenters. The zero-order valence-electron chi connectivity index (χ0n) is 15.3. The number of nitrogens with zero attached hydrogens (tertiary/aromatic N) is 3. The van der Waals surface area contributed by atoms with E-state index in [1.54, 1.807) is 48.6 Å². The summed E-state index contributed by atoms with van der Waals surface area (Å²) in [6, 6.07) is 12.2. The molecular formula is C21H19ClN4O2. The molecular weight excluding hydrogens is 376 g/mol. The topological polar surface area (TPSA) is 75.2 Å². The number of hydrogen-bond donors (Lipinski definition) is 1. The van der Waals surface area contributed by atoms with Gasteiger partial charge in [0.15, 0.2) is 0 Å². The largest absolute Gasteiger partial charge is 0.341 e. The number of carbonyl (C=O) groups is 2. The second-order valence-corrected chi connectivity index (χ2v) is 6.70. The van der Waals surface area contributed by atoms with Crippen molar-refractivity contribution in [2.24, 2.45) is 0 Å². The smallest absolute Gasteiger partial charge is 0.257 e. The highest BCUT2D eigenvalue weighted by atomic mass is 35.5. The van der Waals surface area contributed by atoms with E-state index in [2.05, 4.69) is 15.3 Å². The lowest BCUT2D eigenvalue weighted by Gasteiger charge is -2.17. The minimum Gasteiger partial charge on any atom is -0.341 e. The summed E-state index contributed by atoms with van der Waals surface area (Å²) in [6.07, 6.45) is 7.05. The summed E-state index contributed by atoms with van der Waals surface area (Å²) in [5, 5.41) is 3.27. The van der Waals surface area contributed by atoms with Crippen LogP contribution in [0.25, 0.3) is 0 Å². The molecule has 3 rings (SSSR count). The zero-order valence-corrected chi connectivity index (χ0v) is 16.1. The molecule has 1 aromatic carbocycles. The van der Waals surface area contributed by atoms with Crippen molar-refractivity contribution in [1.29, 1.82) is 0 Å². The van der Waals surface area contributed by atoms with Crippen molar-refractivity contribution in [1.82, 2.24) is 14.9 Å². The first kappa shape index (κ1) is 19.5. The van der Waals surface area contributed by atoms with Crippen molar-refractivity contribution in [2.45, 2.75) is 6.42 Å². The fourth-order valence-corrected chi connectivity index (χ4v) is 2.81. The second-order valence-electron chi connectivity index (χ2n) is 6.26. The predicted octanol–water partition coefficient (Wildman–Crippen LogP) is 3.70. The molecule has 0 saturated carbocycles. The minimum atomic E-state index is -0.358. The molecule has 0 fully saturated rings. The van der Waals surface area contributed by atoms with Gasteiger partial charge in [0.2, 0.25) is 0 Å². The van der Waals surface area contributed by atoms with E-state index in [4.69, 9.17) is 11.6 Å². The lowest BCUT2D eigenvalue weighted by Crippen LogP contribution is -2.29. The molecule has 0 spiro atoms. The predicted molar refractivity (Wildman–Crippen MR) is 109 cm³/mol. The van der Waals surface area contributed by atoms with Gasteiger partial charge in [-0.2, -0.15) is 0 Å². The van der Waals surface area contributed by atoms with Gasteiger partial charge in [-0.1, -0.05) is 17.7 Å². The van der Waals surface area contributed by atoms with Crippen LogP contribution in [0.3, 0.4) is 0 Å². The average Bonchev–Trinajstić information content (AvgIpc) is 2.72. The number of aromatic nitrogens is 2. The molecule has 0 atom stereocenters. The fourth-order valence-electron chi connectivity index (χ4n) is 2.62. The van der Waals surface area contributed by atoms with Gasteiger partial charge in [-0.15, -0.1) is 0 Å². The number of halogens is 1. The zero-order chi connectivity index (χ0) is 19.9. The Bertz CT molecular complexity index is 979. The van der Waals surface area contributed by atoms with Gasteiger partial charge in [0, 0.05) is 49.1 Å². The number of rotatable bonds is 6. The first-order valence-electron chi connectivity index (χ1n) is 8.69. The van der Waals surface area contributed by atoms with Crippen LogP contribution in [0, 0.1) is 0 Å². The number of carbonyl (C=O) groups excluding carboxylic acids is 2. The Balaban J connectivity index is 1.66. The molecule has 0 aliphatic heterocycles. The molecule has 0 saturated heterocycles. The van der Waals surface area contributed by atoms with Crippen molar-refractivity contribution < 1.29 is 9.59 Å². The van der Waals surface area contributed by atoms with E-state index in [-0.39, 0.29) is 11.8 Å². The Morgan fingerprint density at radius 2 is 1.79 bits per heavy atom.